The van der Waals surface area contributed by atoms with Gasteiger partial charge in [-0.05, 0) is 26.2 Å². The first kappa shape index (κ1) is 15.0. The second-order valence-electron chi connectivity index (χ2n) is 6.46. The van der Waals surface area contributed by atoms with Gasteiger partial charge in [-0.15, -0.1) is 0 Å². The van der Waals surface area contributed by atoms with E-state index in [0.29, 0.717) is 23.5 Å². The Hall–Kier alpha value is -0.940. The Labute approximate surface area is 126 Å². The third kappa shape index (κ3) is 2.99. The van der Waals surface area contributed by atoms with Crippen molar-refractivity contribution in [3.63, 3.8) is 0 Å². The Morgan fingerprint density at radius 3 is 2.81 bits per heavy atom. The summed E-state index contributed by atoms with van der Waals surface area (Å²) in [6, 6.07) is 0.599. The minimum absolute atomic E-state index is 0.390. The van der Waals surface area contributed by atoms with E-state index in [2.05, 4.69) is 22.4 Å². The van der Waals surface area contributed by atoms with Gasteiger partial charge in [-0.1, -0.05) is 24.4 Å². The zero-order valence-corrected chi connectivity index (χ0v) is 13.2. The van der Waals surface area contributed by atoms with Gasteiger partial charge in [0, 0.05) is 38.0 Å². The summed E-state index contributed by atoms with van der Waals surface area (Å²) in [6.07, 6.45) is 9.18. The smallest absolute Gasteiger partial charge is 0.223 e. The predicted octanol–water partition coefficient (Wildman–Crippen LogP) is 2.64. The Bertz CT molecular complexity index is 454. The Morgan fingerprint density at radius 2 is 2.14 bits per heavy atom. The van der Waals surface area contributed by atoms with Crippen molar-refractivity contribution in [3.8, 4) is 0 Å². The van der Waals surface area contributed by atoms with E-state index in [9.17, 15) is 0 Å². The highest BCUT2D eigenvalue weighted by atomic mass is 16.5. The van der Waals surface area contributed by atoms with Gasteiger partial charge in [0.25, 0.3) is 0 Å². The maximum atomic E-state index is 5.99. The van der Waals surface area contributed by atoms with E-state index < -0.39 is 0 Å². The van der Waals surface area contributed by atoms with Crippen LogP contribution in [0.5, 0.6) is 0 Å². The molecule has 0 aliphatic heterocycles. The van der Waals surface area contributed by atoms with Crippen LogP contribution in [0.15, 0.2) is 4.52 Å². The summed E-state index contributed by atoms with van der Waals surface area (Å²) in [5.74, 6) is 1.45. The van der Waals surface area contributed by atoms with Crippen molar-refractivity contribution in [2.24, 2.45) is 5.41 Å². The van der Waals surface area contributed by atoms with Gasteiger partial charge >= 0.3 is 0 Å². The highest BCUT2D eigenvalue weighted by molar-refractivity contribution is 5.09. The molecule has 0 aromatic carbocycles. The lowest BCUT2D eigenvalue weighted by Gasteiger charge is -2.58. The molecule has 3 rings (SSSR count). The fourth-order valence-corrected chi connectivity index (χ4v) is 4.15. The number of nitrogens with one attached hydrogen (secondary N) is 1. The molecule has 0 saturated heterocycles. The number of aromatic nitrogens is 2. The molecule has 2 aliphatic carbocycles. The molecule has 1 spiro atoms. The van der Waals surface area contributed by atoms with Crippen LogP contribution in [0.1, 0.15) is 57.2 Å². The van der Waals surface area contributed by atoms with Crippen molar-refractivity contribution in [1.29, 1.82) is 0 Å². The normalized spacial score (nSPS) is 27.7. The highest BCUT2D eigenvalue weighted by Gasteiger charge is 2.55. The van der Waals surface area contributed by atoms with E-state index in [-0.39, 0.29) is 0 Å². The number of hydrogen-bond donors (Lipinski definition) is 1. The molecule has 1 N–H and O–H groups in total. The monoisotopic (exact) mass is 293 g/mol. The average molecular weight is 293 g/mol. The maximum Gasteiger partial charge on any atom is 0.223 e. The standard InChI is InChI=1S/C16H27N3O2/c1-3-20-14-11-13(16(14)8-5-4-6-9-16)17-10-7-15-18-12(2)21-19-15/h13-14,17H,3-11H2,1-2H3. The molecule has 0 radical (unpaired) electrons. The summed E-state index contributed by atoms with van der Waals surface area (Å²) in [5, 5.41) is 7.68. The Morgan fingerprint density at radius 1 is 1.33 bits per heavy atom. The highest BCUT2D eigenvalue weighted by Crippen LogP contribution is 2.53. The number of aryl methyl sites for hydroxylation is 1. The van der Waals surface area contributed by atoms with Crippen molar-refractivity contribution in [3.05, 3.63) is 11.7 Å². The summed E-state index contributed by atoms with van der Waals surface area (Å²) in [6.45, 7) is 5.70. The molecule has 1 aromatic heterocycles. The first-order valence-electron chi connectivity index (χ1n) is 8.39. The van der Waals surface area contributed by atoms with Gasteiger partial charge in [0.05, 0.1) is 6.10 Å². The van der Waals surface area contributed by atoms with Crippen LogP contribution >= 0.6 is 0 Å². The van der Waals surface area contributed by atoms with Gasteiger partial charge in [0.1, 0.15) is 0 Å². The SMILES string of the molecule is CCOC1CC(NCCc2noc(C)n2)C12CCCCC2. The van der Waals surface area contributed by atoms with Crippen LogP contribution in [0.3, 0.4) is 0 Å². The largest absolute Gasteiger partial charge is 0.378 e. The summed E-state index contributed by atoms with van der Waals surface area (Å²) < 4.78 is 11.0. The van der Waals surface area contributed by atoms with Gasteiger partial charge in [-0.3, -0.25) is 0 Å². The molecule has 2 saturated carbocycles. The van der Waals surface area contributed by atoms with Crippen molar-refractivity contribution in [1.82, 2.24) is 15.5 Å². The molecule has 2 atom stereocenters. The lowest BCUT2D eigenvalue weighted by atomic mass is 9.55. The molecule has 2 aliphatic rings. The fourth-order valence-electron chi connectivity index (χ4n) is 4.15. The quantitative estimate of drug-likeness (QED) is 0.873. The zero-order chi connectivity index (χ0) is 14.7. The molecule has 118 valence electrons. The summed E-state index contributed by atoms with van der Waals surface area (Å²) >= 11 is 0. The molecule has 5 nitrogen and oxygen atoms in total. The Balaban J connectivity index is 1.52. The average Bonchev–Trinajstić information content (AvgIpc) is 2.92. The van der Waals surface area contributed by atoms with E-state index >= 15 is 0 Å². The first-order chi connectivity index (χ1) is 10.2. The third-order valence-corrected chi connectivity index (χ3v) is 5.25. The molecular weight excluding hydrogens is 266 g/mol. The summed E-state index contributed by atoms with van der Waals surface area (Å²) in [7, 11) is 0. The lowest BCUT2D eigenvalue weighted by Crippen LogP contribution is -2.64. The predicted molar refractivity (Wildman–Crippen MR) is 80.1 cm³/mol. The molecule has 21 heavy (non-hydrogen) atoms. The van der Waals surface area contributed by atoms with E-state index in [1.54, 1.807) is 0 Å². The second-order valence-corrected chi connectivity index (χ2v) is 6.46. The molecule has 5 heteroatoms. The van der Waals surface area contributed by atoms with E-state index in [4.69, 9.17) is 9.26 Å². The number of ether oxygens (including phenoxy) is 1. The molecule has 2 unspecified atom stereocenters. The lowest BCUT2D eigenvalue weighted by molar-refractivity contribution is -0.149. The number of nitrogens with zero attached hydrogens (tertiary/aromatic N) is 2. The van der Waals surface area contributed by atoms with Crippen LogP contribution in [-0.4, -0.2) is 35.4 Å². The van der Waals surface area contributed by atoms with Crippen LogP contribution in [-0.2, 0) is 11.2 Å². The van der Waals surface area contributed by atoms with Gasteiger partial charge < -0.3 is 14.6 Å². The van der Waals surface area contributed by atoms with Gasteiger partial charge in [-0.2, -0.15) is 4.98 Å². The van der Waals surface area contributed by atoms with Crippen LogP contribution in [0.4, 0.5) is 0 Å². The molecule has 0 bridgehead atoms. The van der Waals surface area contributed by atoms with Gasteiger partial charge in [0.2, 0.25) is 5.89 Å². The minimum atomic E-state index is 0.390. The van der Waals surface area contributed by atoms with Crippen LogP contribution in [0.2, 0.25) is 0 Å². The number of rotatable bonds is 6. The van der Waals surface area contributed by atoms with Crippen LogP contribution < -0.4 is 5.32 Å². The van der Waals surface area contributed by atoms with Crippen LogP contribution in [0, 0.1) is 12.3 Å². The van der Waals surface area contributed by atoms with Crippen molar-refractivity contribution in [2.45, 2.75) is 70.9 Å². The van der Waals surface area contributed by atoms with E-state index in [1.807, 2.05) is 6.92 Å². The van der Waals surface area contributed by atoms with E-state index in [1.165, 1.54) is 32.1 Å². The van der Waals surface area contributed by atoms with Crippen molar-refractivity contribution >= 4 is 0 Å². The third-order valence-electron chi connectivity index (χ3n) is 5.25. The minimum Gasteiger partial charge on any atom is -0.378 e. The molecule has 1 aromatic rings. The van der Waals surface area contributed by atoms with Gasteiger partial charge in [-0.25, -0.2) is 0 Å². The Kier molecular flexibility index (Phi) is 4.60. The molecule has 2 fully saturated rings. The van der Waals surface area contributed by atoms with Gasteiger partial charge in [0.15, 0.2) is 5.82 Å². The summed E-state index contributed by atoms with van der Waals surface area (Å²) in [4.78, 5) is 4.26. The fraction of sp³-hybridized carbons (Fsp3) is 0.875. The second kappa shape index (κ2) is 6.44. The zero-order valence-electron chi connectivity index (χ0n) is 13.2. The first-order valence-corrected chi connectivity index (χ1v) is 8.39. The van der Waals surface area contributed by atoms with Crippen molar-refractivity contribution < 1.29 is 9.26 Å². The number of hydrogen-bond acceptors (Lipinski definition) is 5. The summed E-state index contributed by atoms with van der Waals surface area (Å²) in [5.41, 5.74) is 0.390. The van der Waals surface area contributed by atoms with E-state index in [0.717, 1.165) is 31.8 Å². The molecular formula is C16H27N3O2. The molecule has 0 amide bonds. The van der Waals surface area contributed by atoms with Crippen LogP contribution in [0.25, 0.3) is 0 Å². The topological polar surface area (TPSA) is 60.2 Å². The van der Waals surface area contributed by atoms with Crippen molar-refractivity contribution in [2.75, 3.05) is 13.2 Å². The molecule has 1 heterocycles. The maximum absolute atomic E-state index is 5.99.